The number of anilines is 1. The van der Waals surface area contributed by atoms with Crippen molar-refractivity contribution in [2.45, 2.75) is 114 Å². The van der Waals surface area contributed by atoms with Crippen molar-refractivity contribution < 1.29 is 32.6 Å². The third-order valence-electron chi connectivity index (χ3n) is 16.2. The second-order valence-electron chi connectivity index (χ2n) is 20.8. The molecule has 2 bridgehead atoms. The van der Waals surface area contributed by atoms with Crippen molar-refractivity contribution in [2.24, 2.45) is 13.0 Å². The van der Waals surface area contributed by atoms with Crippen molar-refractivity contribution in [1.82, 2.24) is 44.5 Å². The van der Waals surface area contributed by atoms with Gasteiger partial charge in [0.2, 0.25) is 12.3 Å². The summed E-state index contributed by atoms with van der Waals surface area (Å²) in [6, 6.07) is 16.0. The molecule has 18 heteroatoms. The number of aryl methyl sites for hydroxylation is 2. The highest BCUT2D eigenvalue weighted by Crippen LogP contribution is 2.38. The molecule has 9 heterocycles. The fourth-order valence-corrected chi connectivity index (χ4v) is 12.2. The van der Waals surface area contributed by atoms with E-state index in [-0.39, 0.29) is 47.2 Å². The van der Waals surface area contributed by atoms with Crippen LogP contribution in [0.3, 0.4) is 0 Å². The van der Waals surface area contributed by atoms with Gasteiger partial charge < -0.3 is 34.7 Å². The molecule has 3 aromatic carbocycles. The third-order valence-corrected chi connectivity index (χ3v) is 16.2. The number of rotatable bonds is 16. The highest BCUT2D eigenvalue weighted by Gasteiger charge is 2.38. The van der Waals surface area contributed by atoms with Gasteiger partial charge in [-0.3, -0.25) is 28.6 Å². The van der Waals surface area contributed by atoms with Crippen LogP contribution < -0.4 is 26.0 Å². The number of carbonyl (C=O) groups excluding carboxylic acids is 3. The molecule has 6 aliphatic heterocycles. The quantitative estimate of drug-likeness (QED) is 0.0574. The number of methoxy groups -OCH3 is 2. The highest BCUT2D eigenvalue weighted by atomic mass is 19.1. The maximum absolute atomic E-state index is 16.0. The predicted octanol–water partition coefficient (Wildman–Crippen LogP) is 7.11. The monoisotopic (exact) mass is 1040 g/mol. The molecule has 12 rings (SSSR count). The second kappa shape index (κ2) is 24.5. The van der Waals surface area contributed by atoms with Gasteiger partial charge >= 0.3 is 11.7 Å². The molecule has 0 radical (unpaired) electrons. The van der Waals surface area contributed by atoms with Crippen LogP contribution in [0.2, 0.25) is 0 Å². The van der Waals surface area contributed by atoms with Gasteiger partial charge in [-0.05, 0) is 106 Å². The van der Waals surface area contributed by atoms with Crippen molar-refractivity contribution in [2.75, 3.05) is 65.5 Å². The molecular weight excluding hydrogens is 971 g/mol. The number of imidazole rings is 1. The van der Waals surface area contributed by atoms with Crippen LogP contribution in [0.25, 0.3) is 44.0 Å². The summed E-state index contributed by atoms with van der Waals surface area (Å²) in [4.78, 5) is 66.9. The number of nitrogens with zero attached hydrogens (tertiary/aromatic N) is 8. The number of aromatic nitrogens is 5. The number of aldehydes is 1. The molecule has 5 unspecified atom stereocenters. The number of piperidine rings is 2. The molecule has 6 fully saturated rings. The van der Waals surface area contributed by atoms with Crippen LogP contribution in [0.15, 0.2) is 59.5 Å². The average molecular weight is 1040 g/mol. The van der Waals surface area contributed by atoms with Crippen LogP contribution in [-0.4, -0.2) is 137 Å². The predicted molar refractivity (Wildman–Crippen MR) is 290 cm³/mol. The first-order valence-corrected chi connectivity index (χ1v) is 26.9. The number of ether oxygens (including phenoxy) is 2. The van der Waals surface area contributed by atoms with Crippen molar-refractivity contribution in [1.29, 1.82) is 0 Å². The van der Waals surface area contributed by atoms with Crippen molar-refractivity contribution >= 4 is 57.1 Å². The minimum absolute atomic E-state index is 0.0464. The molecule has 76 heavy (non-hydrogen) atoms. The Bertz CT molecular complexity index is 3150. The number of unbranched alkanes of at least 4 members (excludes halogenated alkanes) is 1. The lowest BCUT2D eigenvalue weighted by atomic mass is 9.91. The van der Waals surface area contributed by atoms with E-state index in [0.29, 0.717) is 51.1 Å². The number of nitrogens with one attached hydrogen (secondary N) is 2. The van der Waals surface area contributed by atoms with E-state index in [1.165, 1.54) is 69.0 Å². The topological polar surface area (TPSA) is 169 Å². The van der Waals surface area contributed by atoms with Crippen LogP contribution in [0, 0.1) is 29.9 Å². The number of terminal acetylenes is 1. The minimum atomic E-state index is -0.710. The highest BCUT2D eigenvalue weighted by molar-refractivity contribution is 6.02. The number of halogens is 2. The van der Waals surface area contributed by atoms with Crippen molar-refractivity contribution in [3.05, 3.63) is 88.0 Å². The zero-order valence-corrected chi connectivity index (χ0v) is 44.1. The summed E-state index contributed by atoms with van der Waals surface area (Å²) < 4.78 is 44.0. The molecular formula is C58H70F2N10O6. The summed E-state index contributed by atoms with van der Waals surface area (Å²) in [5.74, 6) is 2.26. The normalized spacial score (nSPS) is 20.5. The standard InChI is InChI=1S/C25H19F2N5O.C24H34N4O4.C9H17NO/c1-3-16-19(26)8-7-13-5-4-6-17(20(13)16)22-21(27)23-18(10-28-22)24(31-25(30-23)33-2)32-11-14-9-15(12-32)29-14;1-25-23(31)21(8-5-15-29)28-20-10-9-19(16-22(20)26(2)24(28)32)7-4-3-6-18-11-13-27(17-30)14-12-18;1-11-7-9-5-4-8-3-2-6-10(8)9/h1,4-8,10,14-15,29H,9,11-12H2,2H3;9-10,15-18,21H,3-8,11-14H2,1-2H3,(H,25,31);8-9H,2-7H2,1H3. The summed E-state index contributed by atoms with van der Waals surface area (Å²) in [6.45, 7) is 5.54. The van der Waals surface area contributed by atoms with Gasteiger partial charge in [0.15, 0.2) is 5.82 Å². The van der Waals surface area contributed by atoms with E-state index >= 15 is 4.39 Å². The lowest BCUT2D eigenvalue weighted by molar-refractivity contribution is -0.124. The maximum atomic E-state index is 16.0. The van der Waals surface area contributed by atoms with Crippen LogP contribution in [0.5, 0.6) is 6.01 Å². The van der Waals surface area contributed by atoms with Gasteiger partial charge in [0.25, 0.3) is 0 Å². The molecule has 0 saturated carbocycles. The lowest BCUT2D eigenvalue weighted by Gasteiger charge is -2.48. The largest absolute Gasteiger partial charge is 0.467 e. The van der Waals surface area contributed by atoms with Gasteiger partial charge in [-0.2, -0.15) is 9.97 Å². The molecule has 6 saturated heterocycles. The van der Waals surface area contributed by atoms with Crippen LogP contribution in [0.4, 0.5) is 14.6 Å². The van der Waals surface area contributed by atoms with E-state index in [9.17, 15) is 23.6 Å². The van der Waals surface area contributed by atoms with Gasteiger partial charge in [0, 0.05) is 95.1 Å². The first kappa shape index (κ1) is 54.0. The van der Waals surface area contributed by atoms with Crippen molar-refractivity contribution in [3.8, 4) is 29.6 Å². The van der Waals surface area contributed by atoms with Crippen LogP contribution >= 0.6 is 0 Å². The minimum Gasteiger partial charge on any atom is -0.467 e. The number of piperazine rings is 1. The Labute approximate surface area is 442 Å². The van der Waals surface area contributed by atoms with E-state index in [0.717, 1.165) is 102 Å². The zero-order chi connectivity index (χ0) is 53.5. The van der Waals surface area contributed by atoms with Gasteiger partial charge in [-0.15, -0.1) is 6.42 Å². The number of likely N-dealkylation sites (tertiary alicyclic amines) is 1. The Kier molecular flexibility index (Phi) is 17.4. The van der Waals surface area contributed by atoms with Gasteiger partial charge in [-0.25, -0.2) is 13.6 Å². The maximum Gasteiger partial charge on any atom is 0.329 e. The van der Waals surface area contributed by atoms with Crippen LogP contribution in [-0.2, 0) is 32.6 Å². The van der Waals surface area contributed by atoms with Gasteiger partial charge in [-0.1, -0.05) is 49.1 Å². The third kappa shape index (κ3) is 11.3. The Morgan fingerprint density at radius 2 is 1.78 bits per heavy atom. The number of benzene rings is 3. The van der Waals surface area contributed by atoms with Crippen LogP contribution in [0.1, 0.15) is 94.2 Å². The Morgan fingerprint density at radius 1 is 0.987 bits per heavy atom. The first-order valence-electron chi connectivity index (χ1n) is 26.9. The molecule has 0 aliphatic carbocycles. The fourth-order valence-electron chi connectivity index (χ4n) is 12.2. The summed E-state index contributed by atoms with van der Waals surface area (Å²) in [5.41, 5.74) is 3.06. The van der Waals surface area contributed by atoms with E-state index in [2.05, 4.69) is 41.3 Å². The van der Waals surface area contributed by atoms with E-state index < -0.39 is 17.7 Å². The zero-order valence-electron chi connectivity index (χ0n) is 44.1. The summed E-state index contributed by atoms with van der Waals surface area (Å²) in [6.07, 6.45) is 22.7. The van der Waals surface area contributed by atoms with Gasteiger partial charge in [0.05, 0.1) is 35.7 Å². The lowest BCUT2D eigenvalue weighted by Crippen LogP contribution is -2.67. The number of likely N-dealkylation sites (N-methyl/N-ethyl adjacent to an activating group) is 1. The average Bonchev–Trinajstić information content (AvgIpc) is 4.15. The SMILES string of the molecule is C#Cc1c(F)ccc2cccc(-c3ncc4c(N5CC6CC(C5)N6)nc(OC)nc4c3F)c12.CNC(=O)C(CCC=O)n1c(=O)n(C)c2cc(CCCCC3CCN(C=O)CC3)ccc21.COCC1CCC2CCCN21. The smallest absolute Gasteiger partial charge is 0.329 e. The molecule has 2 N–H and O–H groups in total. The summed E-state index contributed by atoms with van der Waals surface area (Å²) >= 11 is 0. The molecule has 16 nitrogen and oxygen atoms in total. The van der Waals surface area contributed by atoms with Gasteiger partial charge in [0.1, 0.15) is 35.2 Å². The Hall–Kier alpha value is -6.81. The summed E-state index contributed by atoms with van der Waals surface area (Å²) in [7, 11) is 6.52. The Morgan fingerprint density at radius 3 is 2.49 bits per heavy atom. The second-order valence-corrected chi connectivity index (χ2v) is 20.8. The van der Waals surface area contributed by atoms with E-state index in [4.69, 9.17) is 15.9 Å². The molecule has 6 aromatic rings. The molecule has 5 atom stereocenters. The number of fused-ring (bicyclic) bond motifs is 6. The molecule has 3 aromatic heterocycles. The number of hydrogen-bond acceptors (Lipinski definition) is 12. The Balaban J connectivity index is 0.000000155. The molecule has 6 aliphatic rings. The first-order chi connectivity index (χ1) is 37.0. The number of carbonyl (C=O) groups is 3. The number of pyridine rings is 1. The molecule has 2 amide bonds. The van der Waals surface area contributed by atoms with E-state index in [1.807, 2.05) is 30.2 Å². The fraction of sp³-hybridized carbons (Fsp3) is 0.500. The summed E-state index contributed by atoms with van der Waals surface area (Å²) in [5, 5.41) is 7.72. The molecule has 402 valence electrons. The molecule has 0 spiro atoms. The van der Waals surface area contributed by atoms with Crippen molar-refractivity contribution in [3.63, 3.8) is 0 Å². The number of hydrogen-bond donors (Lipinski definition) is 2. The number of amides is 2. The van der Waals surface area contributed by atoms with E-state index in [1.54, 1.807) is 42.1 Å².